The molecule has 0 unspecified atom stereocenters. The predicted octanol–water partition coefficient (Wildman–Crippen LogP) is 3.04. The van der Waals surface area contributed by atoms with Crippen LogP contribution in [0.5, 0.6) is 0 Å². The van der Waals surface area contributed by atoms with Crippen LogP contribution in [0.2, 0.25) is 5.15 Å². The van der Waals surface area contributed by atoms with E-state index in [0.717, 1.165) is 6.92 Å². The van der Waals surface area contributed by atoms with Gasteiger partial charge in [-0.2, -0.15) is 0 Å². The number of alkyl halides is 2. The zero-order valence-electron chi connectivity index (χ0n) is 15.8. The van der Waals surface area contributed by atoms with E-state index in [9.17, 15) is 32.9 Å². The minimum atomic E-state index is -3.33. The molecular formula is C19H16ClF4N3O4. The zero-order chi connectivity index (χ0) is 22.7. The molecular weight excluding hydrogens is 446 g/mol. The van der Waals surface area contributed by atoms with Gasteiger partial charge in [0.15, 0.2) is 6.23 Å². The number of aliphatic hydroxyl groups is 3. The Balaban J connectivity index is 1.74. The van der Waals surface area contributed by atoms with Gasteiger partial charge in [-0.3, -0.25) is 0 Å². The van der Waals surface area contributed by atoms with Gasteiger partial charge in [0.05, 0.1) is 10.9 Å². The molecule has 3 N–H and O–H groups in total. The second kappa shape index (κ2) is 7.68. The second-order valence-corrected chi connectivity index (χ2v) is 7.74. The van der Waals surface area contributed by atoms with Crippen LogP contribution in [-0.2, 0) is 4.74 Å². The molecule has 7 nitrogen and oxygen atoms in total. The molecule has 166 valence electrons. The van der Waals surface area contributed by atoms with E-state index in [1.54, 1.807) is 0 Å². The van der Waals surface area contributed by atoms with E-state index < -0.39 is 59.3 Å². The molecule has 0 aliphatic carbocycles. The van der Waals surface area contributed by atoms with Crippen LogP contribution in [0.1, 0.15) is 36.8 Å². The van der Waals surface area contributed by atoms with Crippen molar-refractivity contribution in [1.29, 1.82) is 0 Å². The normalized spacial score (nSPS) is 27.4. The average molecular weight is 462 g/mol. The van der Waals surface area contributed by atoms with Gasteiger partial charge in [-0.15, -0.1) is 0 Å². The standard InChI is InChI=1S/C19H16ClF4N3O4/c1-19(30)13(29)18(27-3-2-8-15(20)25-6-26-17(8)27)31-14(19)12(28)9-4-7(21)5-10(11(9)22)16(23)24/h2-6,12-14,16,18,28-30H,1H3/t12-,13+,14-,18-,19+/m1/s1. The van der Waals surface area contributed by atoms with Crippen molar-refractivity contribution in [2.24, 2.45) is 0 Å². The zero-order valence-corrected chi connectivity index (χ0v) is 16.5. The number of hydrogen-bond acceptors (Lipinski definition) is 6. The summed E-state index contributed by atoms with van der Waals surface area (Å²) in [7, 11) is 0. The lowest BCUT2D eigenvalue weighted by atomic mass is 9.87. The Morgan fingerprint density at radius 3 is 2.58 bits per heavy atom. The maximum atomic E-state index is 14.5. The molecule has 12 heteroatoms. The van der Waals surface area contributed by atoms with Crippen molar-refractivity contribution in [1.82, 2.24) is 14.5 Å². The predicted molar refractivity (Wildman–Crippen MR) is 99.4 cm³/mol. The molecule has 0 bridgehead atoms. The fraction of sp³-hybridized carbons (Fsp3) is 0.368. The van der Waals surface area contributed by atoms with E-state index in [4.69, 9.17) is 16.3 Å². The van der Waals surface area contributed by atoms with Gasteiger partial charge in [0.2, 0.25) is 0 Å². The largest absolute Gasteiger partial charge is 0.385 e. The molecule has 3 heterocycles. The molecule has 1 saturated heterocycles. The number of benzene rings is 1. The molecule has 0 saturated carbocycles. The molecule has 1 aromatic carbocycles. The number of rotatable bonds is 4. The SMILES string of the molecule is C[C@@]1(O)[C@@H]([C@H](O)c2cc(F)cc(C(F)F)c2F)O[C@@H](n2ccc3c(Cl)ncnc32)[C@@H]1O. The highest BCUT2D eigenvalue weighted by Gasteiger charge is 2.56. The molecule has 2 aromatic heterocycles. The smallest absolute Gasteiger partial charge is 0.266 e. The van der Waals surface area contributed by atoms with Gasteiger partial charge in [0, 0.05) is 11.8 Å². The third-order valence-electron chi connectivity index (χ3n) is 5.40. The van der Waals surface area contributed by atoms with Crippen molar-refractivity contribution in [3.05, 3.63) is 58.6 Å². The van der Waals surface area contributed by atoms with Crippen LogP contribution in [0.3, 0.4) is 0 Å². The van der Waals surface area contributed by atoms with E-state index in [1.807, 2.05) is 0 Å². The first-order valence-electron chi connectivity index (χ1n) is 9.02. The van der Waals surface area contributed by atoms with Crippen LogP contribution < -0.4 is 0 Å². The lowest BCUT2D eigenvalue weighted by Gasteiger charge is -2.30. The van der Waals surface area contributed by atoms with Gasteiger partial charge in [-0.05, 0) is 25.1 Å². The van der Waals surface area contributed by atoms with Gasteiger partial charge >= 0.3 is 0 Å². The van der Waals surface area contributed by atoms with Crippen LogP contribution in [0.15, 0.2) is 30.7 Å². The van der Waals surface area contributed by atoms with Crippen LogP contribution in [0.4, 0.5) is 17.6 Å². The van der Waals surface area contributed by atoms with Crippen molar-refractivity contribution in [3.8, 4) is 0 Å². The number of aliphatic hydroxyl groups excluding tert-OH is 2. The maximum Gasteiger partial charge on any atom is 0.266 e. The summed E-state index contributed by atoms with van der Waals surface area (Å²) in [5.41, 5.74) is -4.02. The highest BCUT2D eigenvalue weighted by atomic mass is 35.5. The molecule has 5 atom stereocenters. The van der Waals surface area contributed by atoms with Crippen molar-refractivity contribution >= 4 is 22.6 Å². The number of aromatic nitrogens is 3. The van der Waals surface area contributed by atoms with Crippen LogP contribution in [0, 0.1) is 11.6 Å². The fourth-order valence-corrected chi connectivity index (χ4v) is 3.94. The summed E-state index contributed by atoms with van der Waals surface area (Å²) in [5, 5.41) is 32.7. The molecule has 1 fully saturated rings. The summed E-state index contributed by atoms with van der Waals surface area (Å²) >= 11 is 6.01. The maximum absolute atomic E-state index is 14.5. The molecule has 1 aliphatic heterocycles. The number of halogens is 5. The first kappa shape index (κ1) is 21.9. The summed E-state index contributed by atoms with van der Waals surface area (Å²) in [4.78, 5) is 7.88. The Hall–Kier alpha value is -2.31. The highest BCUT2D eigenvalue weighted by Crippen LogP contribution is 2.44. The van der Waals surface area contributed by atoms with Crippen molar-refractivity contribution in [3.63, 3.8) is 0 Å². The lowest BCUT2D eigenvalue weighted by molar-refractivity contribution is -0.115. The molecule has 31 heavy (non-hydrogen) atoms. The Morgan fingerprint density at radius 2 is 1.90 bits per heavy atom. The third-order valence-corrected chi connectivity index (χ3v) is 5.70. The average Bonchev–Trinajstić information content (AvgIpc) is 3.23. The van der Waals surface area contributed by atoms with Gasteiger partial charge in [-0.1, -0.05) is 11.6 Å². The molecule has 4 rings (SSSR count). The van der Waals surface area contributed by atoms with Gasteiger partial charge in [0.1, 0.15) is 52.7 Å². The van der Waals surface area contributed by atoms with E-state index in [2.05, 4.69) is 9.97 Å². The molecule has 0 amide bonds. The number of ether oxygens (including phenoxy) is 1. The number of nitrogens with zero attached hydrogens (tertiary/aromatic N) is 3. The summed E-state index contributed by atoms with van der Waals surface area (Å²) < 4.78 is 61.4. The first-order valence-corrected chi connectivity index (χ1v) is 9.39. The third kappa shape index (κ3) is 3.46. The molecule has 0 spiro atoms. The lowest BCUT2D eigenvalue weighted by Crippen LogP contribution is -2.47. The fourth-order valence-electron chi connectivity index (χ4n) is 3.75. The van der Waals surface area contributed by atoms with Crippen LogP contribution in [0.25, 0.3) is 11.0 Å². The van der Waals surface area contributed by atoms with E-state index in [0.29, 0.717) is 17.5 Å². The number of hydrogen-bond donors (Lipinski definition) is 3. The van der Waals surface area contributed by atoms with Crippen molar-refractivity contribution in [2.45, 2.75) is 43.5 Å². The van der Waals surface area contributed by atoms with E-state index in [1.165, 1.54) is 23.2 Å². The second-order valence-electron chi connectivity index (χ2n) is 7.39. The highest BCUT2D eigenvalue weighted by molar-refractivity contribution is 6.33. The molecule has 0 radical (unpaired) electrons. The van der Waals surface area contributed by atoms with Gasteiger partial charge in [-0.25, -0.2) is 27.5 Å². The first-order chi connectivity index (χ1) is 14.5. The van der Waals surface area contributed by atoms with E-state index >= 15 is 0 Å². The van der Waals surface area contributed by atoms with Gasteiger partial charge < -0.3 is 24.6 Å². The van der Waals surface area contributed by atoms with Crippen LogP contribution in [-0.4, -0.2) is 47.7 Å². The Kier molecular flexibility index (Phi) is 5.42. The van der Waals surface area contributed by atoms with Gasteiger partial charge in [0.25, 0.3) is 6.43 Å². The molecule has 3 aromatic rings. The summed E-state index contributed by atoms with van der Waals surface area (Å²) in [6.07, 6.45) is -7.48. The Labute approximate surface area is 177 Å². The van der Waals surface area contributed by atoms with E-state index in [-0.39, 0.29) is 10.8 Å². The quantitative estimate of drug-likeness (QED) is 0.408. The summed E-state index contributed by atoms with van der Waals surface area (Å²) in [5.74, 6) is -2.74. The minimum Gasteiger partial charge on any atom is -0.385 e. The summed E-state index contributed by atoms with van der Waals surface area (Å²) in [6, 6.07) is 2.38. The van der Waals surface area contributed by atoms with Crippen LogP contribution >= 0.6 is 11.6 Å². The topological polar surface area (TPSA) is 101 Å². The summed E-state index contributed by atoms with van der Waals surface area (Å²) in [6.45, 7) is 1.12. The van der Waals surface area contributed by atoms with Crippen molar-refractivity contribution in [2.75, 3.05) is 0 Å². The minimum absolute atomic E-state index is 0.126. The number of fused-ring (bicyclic) bond motifs is 1. The Morgan fingerprint density at radius 1 is 1.23 bits per heavy atom. The van der Waals surface area contributed by atoms with Crippen molar-refractivity contribution < 1.29 is 37.6 Å². The molecule has 1 aliphatic rings. The Bertz CT molecular complexity index is 1140. The monoisotopic (exact) mass is 461 g/mol.